The smallest absolute Gasteiger partial charge is 0.275 e. The lowest BCUT2D eigenvalue weighted by atomic mass is 10.2. The van der Waals surface area contributed by atoms with E-state index in [2.05, 4.69) is 15.6 Å². The summed E-state index contributed by atoms with van der Waals surface area (Å²) in [6.07, 6.45) is 0. The maximum Gasteiger partial charge on any atom is 0.275 e. The first-order chi connectivity index (χ1) is 13.0. The van der Waals surface area contributed by atoms with E-state index in [-0.39, 0.29) is 24.8 Å². The van der Waals surface area contributed by atoms with Gasteiger partial charge in [-0.1, -0.05) is 17.3 Å². The minimum Gasteiger partial charge on any atom is -0.454 e. The van der Waals surface area contributed by atoms with Crippen molar-refractivity contribution in [2.75, 3.05) is 12.5 Å². The van der Waals surface area contributed by atoms with Crippen molar-refractivity contribution < 1.29 is 18.7 Å². The number of aryl methyl sites for hydroxylation is 1. The number of benzene rings is 2. The molecule has 0 saturated heterocycles. The van der Waals surface area contributed by atoms with Gasteiger partial charge in [-0.2, -0.15) is 4.68 Å². The van der Waals surface area contributed by atoms with Crippen molar-refractivity contribution in [3.8, 4) is 17.2 Å². The standard InChI is InChI=1S/C18H16FN5O3/c1-10-2-4-12(7-13(10)19)24-17(20)16(22-23-24)18(25)21-8-11-3-5-14-15(6-11)27-9-26-14/h2-7H,8-9,20H2,1H3,(H,21,25). The first-order valence-corrected chi connectivity index (χ1v) is 8.17. The van der Waals surface area contributed by atoms with Crippen LogP contribution < -0.4 is 20.5 Å². The number of aromatic nitrogens is 3. The molecule has 1 amide bonds. The third kappa shape index (κ3) is 3.14. The van der Waals surface area contributed by atoms with Crippen LogP contribution in [0.4, 0.5) is 10.2 Å². The van der Waals surface area contributed by atoms with Crippen molar-refractivity contribution in [3.05, 3.63) is 59.0 Å². The average Bonchev–Trinajstić information content (AvgIpc) is 3.28. The predicted octanol–water partition coefficient (Wildman–Crippen LogP) is 1.96. The van der Waals surface area contributed by atoms with Gasteiger partial charge in [-0.15, -0.1) is 5.10 Å². The fourth-order valence-electron chi connectivity index (χ4n) is 2.67. The number of carbonyl (C=O) groups excluding carboxylic acids is 1. The molecule has 0 bridgehead atoms. The summed E-state index contributed by atoms with van der Waals surface area (Å²) in [6, 6.07) is 9.93. The molecule has 1 aliphatic rings. The van der Waals surface area contributed by atoms with E-state index in [9.17, 15) is 9.18 Å². The van der Waals surface area contributed by atoms with Crippen LogP contribution in [0.5, 0.6) is 11.5 Å². The van der Waals surface area contributed by atoms with E-state index in [1.54, 1.807) is 31.2 Å². The number of nitrogens with zero attached hydrogens (tertiary/aromatic N) is 3. The van der Waals surface area contributed by atoms with Gasteiger partial charge in [0.2, 0.25) is 6.79 Å². The van der Waals surface area contributed by atoms with Gasteiger partial charge in [0, 0.05) is 6.54 Å². The zero-order valence-corrected chi connectivity index (χ0v) is 14.4. The molecule has 0 aliphatic carbocycles. The summed E-state index contributed by atoms with van der Waals surface area (Å²) < 4.78 is 25.5. The summed E-state index contributed by atoms with van der Waals surface area (Å²) in [5, 5.41) is 10.4. The molecule has 138 valence electrons. The van der Waals surface area contributed by atoms with Crippen molar-refractivity contribution in [3.63, 3.8) is 0 Å². The predicted molar refractivity (Wildman–Crippen MR) is 94.2 cm³/mol. The Morgan fingerprint density at radius 2 is 2.07 bits per heavy atom. The van der Waals surface area contributed by atoms with Gasteiger partial charge in [-0.05, 0) is 42.3 Å². The minimum absolute atomic E-state index is 0.0291. The molecular weight excluding hydrogens is 353 g/mol. The van der Waals surface area contributed by atoms with Crippen LogP contribution in [0.25, 0.3) is 5.69 Å². The quantitative estimate of drug-likeness (QED) is 0.728. The number of carbonyl (C=O) groups is 1. The summed E-state index contributed by atoms with van der Waals surface area (Å²) in [6.45, 7) is 2.09. The molecule has 0 spiro atoms. The lowest BCUT2D eigenvalue weighted by Crippen LogP contribution is -2.24. The summed E-state index contributed by atoms with van der Waals surface area (Å²) >= 11 is 0. The molecule has 1 aliphatic heterocycles. The number of amides is 1. The molecule has 4 rings (SSSR count). The number of fused-ring (bicyclic) bond motifs is 1. The van der Waals surface area contributed by atoms with Crippen LogP contribution in [0, 0.1) is 12.7 Å². The van der Waals surface area contributed by atoms with Gasteiger partial charge in [-0.3, -0.25) is 4.79 Å². The van der Waals surface area contributed by atoms with E-state index >= 15 is 0 Å². The highest BCUT2D eigenvalue weighted by molar-refractivity contribution is 5.96. The van der Waals surface area contributed by atoms with Gasteiger partial charge < -0.3 is 20.5 Å². The second kappa shape index (κ2) is 6.60. The highest BCUT2D eigenvalue weighted by atomic mass is 19.1. The van der Waals surface area contributed by atoms with Crippen LogP contribution in [-0.4, -0.2) is 27.7 Å². The van der Waals surface area contributed by atoms with Crippen LogP contribution in [0.3, 0.4) is 0 Å². The van der Waals surface area contributed by atoms with Crippen molar-refractivity contribution in [1.29, 1.82) is 0 Å². The van der Waals surface area contributed by atoms with Crippen LogP contribution in [-0.2, 0) is 6.54 Å². The third-order valence-corrected chi connectivity index (χ3v) is 4.21. The van der Waals surface area contributed by atoms with Crippen molar-refractivity contribution in [1.82, 2.24) is 20.3 Å². The van der Waals surface area contributed by atoms with E-state index in [1.165, 1.54) is 10.7 Å². The number of hydrogen-bond donors (Lipinski definition) is 2. The average molecular weight is 369 g/mol. The molecule has 27 heavy (non-hydrogen) atoms. The highest BCUT2D eigenvalue weighted by Crippen LogP contribution is 2.32. The first kappa shape index (κ1) is 16.8. The summed E-state index contributed by atoms with van der Waals surface area (Å²) in [5.74, 6) is 0.456. The molecule has 8 nitrogen and oxygen atoms in total. The molecule has 3 aromatic rings. The van der Waals surface area contributed by atoms with Crippen molar-refractivity contribution in [2.24, 2.45) is 0 Å². The monoisotopic (exact) mass is 369 g/mol. The van der Waals surface area contributed by atoms with Gasteiger partial charge in [0.15, 0.2) is 23.0 Å². The number of nitrogens with two attached hydrogens (primary N) is 1. The van der Waals surface area contributed by atoms with Crippen molar-refractivity contribution >= 4 is 11.7 Å². The molecule has 0 saturated carbocycles. The lowest BCUT2D eigenvalue weighted by Gasteiger charge is -2.06. The number of halogens is 1. The van der Waals surface area contributed by atoms with Gasteiger partial charge in [0.05, 0.1) is 5.69 Å². The molecule has 1 aromatic heterocycles. The fraction of sp³-hybridized carbons (Fsp3) is 0.167. The fourth-order valence-corrected chi connectivity index (χ4v) is 2.67. The molecule has 0 atom stereocenters. The Bertz CT molecular complexity index is 1030. The molecule has 0 unspecified atom stereocenters. The second-order valence-corrected chi connectivity index (χ2v) is 6.04. The molecule has 2 heterocycles. The topological polar surface area (TPSA) is 104 Å². The molecule has 0 radical (unpaired) electrons. The van der Waals surface area contributed by atoms with E-state index in [0.717, 1.165) is 5.56 Å². The Hall–Kier alpha value is -3.62. The van der Waals surface area contributed by atoms with Crippen molar-refractivity contribution in [2.45, 2.75) is 13.5 Å². The number of hydrogen-bond acceptors (Lipinski definition) is 6. The second-order valence-electron chi connectivity index (χ2n) is 6.04. The largest absolute Gasteiger partial charge is 0.454 e. The Labute approximate surface area is 153 Å². The number of nitrogen functional groups attached to an aromatic ring is 1. The van der Waals surface area contributed by atoms with Gasteiger partial charge in [0.1, 0.15) is 5.82 Å². The molecular formula is C18H16FN5O3. The van der Waals surface area contributed by atoms with Gasteiger partial charge in [-0.25, -0.2) is 4.39 Å². The molecule has 2 aromatic carbocycles. The first-order valence-electron chi connectivity index (χ1n) is 8.17. The maximum atomic E-state index is 13.8. The molecule has 9 heteroatoms. The van der Waals surface area contributed by atoms with E-state index < -0.39 is 11.7 Å². The van der Waals surface area contributed by atoms with E-state index in [1.807, 2.05) is 6.07 Å². The Balaban J connectivity index is 1.49. The number of ether oxygens (including phenoxy) is 2. The minimum atomic E-state index is -0.482. The zero-order chi connectivity index (χ0) is 19.0. The number of anilines is 1. The number of nitrogens with one attached hydrogen (secondary N) is 1. The third-order valence-electron chi connectivity index (χ3n) is 4.21. The van der Waals surface area contributed by atoms with Crippen LogP contribution in [0.1, 0.15) is 21.6 Å². The van der Waals surface area contributed by atoms with Crippen LogP contribution in [0.15, 0.2) is 36.4 Å². The maximum absolute atomic E-state index is 13.8. The van der Waals surface area contributed by atoms with E-state index in [4.69, 9.17) is 15.2 Å². The molecule has 3 N–H and O–H groups in total. The van der Waals surface area contributed by atoms with Gasteiger partial charge >= 0.3 is 0 Å². The van der Waals surface area contributed by atoms with Crippen LogP contribution >= 0.6 is 0 Å². The lowest BCUT2D eigenvalue weighted by molar-refractivity contribution is 0.0946. The Kier molecular flexibility index (Phi) is 4.11. The SMILES string of the molecule is Cc1ccc(-n2nnc(C(=O)NCc3ccc4c(c3)OCO4)c2N)cc1F. The van der Waals surface area contributed by atoms with Crippen LogP contribution in [0.2, 0.25) is 0 Å². The Morgan fingerprint density at radius 3 is 2.89 bits per heavy atom. The summed E-state index contributed by atoms with van der Waals surface area (Å²) in [5.41, 5.74) is 7.67. The highest BCUT2D eigenvalue weighted by Gasteiger charge is 2.19. The normalized spacial score (nSPS) is 12.2. The summed E-state index contributed by atoms with van der Waals surface area (Å²) in [4.78, 5) is 12.4. The Morgan fingerprint density at radius 1 is 1.26 bits per heavy atom. The zero-order valence-electron chi connectivity index (χ0n) is 14.4. The molecule has 0 fully saturated rings. The summed E-state index contributed by atoms with van der Waals surface area (Å²) in [7, 11) is 0. The van der Waals surface area contributed by atoms with E-state index in [0.29, 0.717) is 22.7 Å². The van der Waals surface area contributed by atoms with Gasteiger partial charge in [0.25, 0.3) is 5.91 Å². The number of rotatable bonds is 4.